The highest BCUT2D eigenvalue weighted by Crippen LogP contribution is 2.46. The smallest absolute Gasteiger partial charge is 0.135 e. The van der Waals surface area contributed by atoms with Crippen LogP contribution < -0.4 is 4.90 Å². The van der Waals surface area contributed by atoms with Crippen molar-refractivity contribution in [2.24, 2.45) is 0 Å². The third kappa shape index (κ3) is 5.34. The van der Waals surface area contributed by atoms with Gasteiger partial charge in [0.2, 0.25) is 0 Å². The molecule has 11 aromatic rings. The van der Waals surface area contributed by atoms with Gasteiger partial charge in [-0.2, -0.15) is 0 Å². The Morgan fingerprint density at radius 2 is 0.893 bits per heavy atom. The zero-order valence-corrected chi connectivity index (χ0v) is 30.6. The van der Waals surface area contributed by atoms with Crippen LogP contribution in [0.25, 0.3) is 87.6 Å². The number of furan rings is 1. The molecule has 0 saturated carbocycles. The lowest BCUT2D eigenvalue weighted by Gasteiger charge is -2.29. The van der Waals surface area contributed by atoms with Gasteiger partial charge in [-0.05, 0) is 109 Å². The van der Waals surface area contributed by atoms with Crippen molar-refractivity contribution in [1.29, 1.82) is 0 Å². The second kappa shape index (κ2) is 13.2. The van der Waals surface area contributed by atoms with E-state index in [0.717, 1.165) is 55.7 Å². The highest BCUT2D eigenvalue weighted by molar-refractivity contribution is 6.14. The van der Waals surface area contributed by atoms with Crippen LogP contribution in [0.1, 0.15) is 0 Å². The van der Waals surface area contributed by atoms with Crippen LogP contribution in [0, 0.1) is 0 Å². The van der Waals surface area contributed by atoms with E-state index in [2.05, 4.69) is 205 Å². The van der Waals surface area contributed by atoms with E-state index in [1.54, 1.807) is 0 Å². The van der Waals surface area contributed by atoms with Gasteiger partial charge >= 0.3 is 0 Å². The topological polar surface area (TPSA) is 16.4 Å². The highest BCUT2D eigenvalue weighted by atomic mass is 16.3. The van der Waals surface area contributed by atoms with Gasteiger partial charge in [-0.1, -0.05) is 164 Å². The fourth-order valence-corrected chi connectivity index (χ4v) is 8.59. The normalized spacial score (nSPS) is 11.6. The van der Waals surface area contributed by atoms with Gasteiger partial charge in [0.1, 0.15) is 11.2 Å². The summed E-state index contributed by atoms with van der Waals surface area (Å²) in [6.07, 6.45) is 0. The number of fused-ring (bicyclic) bond motifs is 7. The van der Waals surface area contributed by atoms with Crippen molar-refractivity contribution in [3.63, 3.8) is 0 Å². The minimum Gasteiger partial charge on any atom is -0.456 e. The Balaban J connectivity index is 1.15. The number of benzene rings is 10. The first-order valence-corrected chi connectivity index (χ1v) is 19.2. The minimum absolute atomic E-state index is 0.876. The van der Waals surface area contributed by atoms with E-state index in [1.165, 1.54) is 49.0 Å². The summed E-state index contributed by atoms with van der Waals surface area (Å²) in [5.41, 5.74) is 12.1. The molecular formula is C54H35NO. The van der Waals surface area contributed by atoms with Crippen LogP contribution in [0.3, 0.4) is 0 Å². The molecule has 0 aliphatic heterocycles. The molecular weight excluding hydrogens is 679 g/mol. The molecule has 0 aliphatic rings. The van der Waals surface area contributed by atoms with Gasteiger partial charge in [-0.3, -0.25) is 0 Å². The maximum absolute atomic E-state index is 6.32. The molecule has 0 bridgehead atoms. The summed E-state index contributed by atoms with van der Waals surface area (Å²) < 4.78 is 6.32. The molecule has 1 heterocycles. The molecule has 0 amide bonds. The Kier molecular flexibility index (Phi) is 7.53. The van der Waals surface area contributed by atoms with E-state index in [1.807, 2.05) is 12.1 Å². The number of nitrogens with zero attached hydrogens (tertiary/aromatic N) is 1. The summed E-state index contributed by atoms with van der Waals surface area (Å²) in [6, 6.07) is 76.7. The average molecular weight is 714 g/mol. The minimum atomic E-state index is 0.876. The standard InChI is InChI=1S/C54H35NO/c1-2-13-37(14-3-1)46-31-27-40(44-23-12-17-36-15-4-6-18-43(36)44)34-52(46)55(42-30-32-54-51(35-42)49-22-10-11-24-53(49)56-54)41-28-25-38(26-29-41)50-33-39-16-5-7-19-45(39)47-20-8-9-21-48(47)50/h1-35H. The second-order valence-electron chi connectivity index (χ2n) is 14.5. The Labute approximate surface area is 325 Å². The van der Waals surface area contributed by atoms with Crippen molar-refractivity contribution in [3.05, 3.63) is 212 Å². The van der Waals surface area contributed by atoms with Gasteiger partial charge in [0, 0.05) is 27.7 Å². The number of hydrogen-bond donors (Lipinski definition) is 0. The Morgan fingerprint density at radius 1 is 0.286 bits per heavy atom. The van der Waals surface area contributed by atoms with Gasteiger partial charge in [-0.25, -0.2) is 0 Å². The second-order valence-corrected chi connectivity index (χ2v) is 14.5. The van der Waals surface area contributed by atoms with Gasteiger partial charge in [0.15, 0.2) is 0 Å². The third-order valence-electron chi connectivity index (χ3n) is 11.2. The first-order valence-electron chi connectivity index (χ1n) is 19.2. The number of rotatable bonds is 6. The SMILES string of the molecule is c1ccc(-c2ccc(-c3cccc4ccccc34)cc2N(c2ccc(-c3cc4ccccc4c4ccccc34)cc2)c2ccc3oc4ccccc4c3c2)cc1. The summed E-state index contributed by atoms with van der Waals surface area (Å²) in [5, 5.41) is 9.70. The van der Waals surface area contributed by atoms with E-state index in [-0.39, 0.29) is 0 Å². The van der Waals surface area contributed by atoms with Crippen molar-refractivity contribution in [3.8, 4) is 33.4 Å². The van der Waals surface area contributed by atoms with E-state index in [0.29, 0.717) is 0 Å². The van der Waals surface area contributed by atoms with Crippen molar-refractivity contribution >= 4 is 71.3 Å². The Bertz CT molecular complexity index is 3240. The summed E-state index contributed by atoms with van der Waals surface area (Å²) in [4.78, 5) is 2.42. The van der Waals surface area contributed by atoms with Crippen LogP contribution in [0.4, 0.5) is 17.1 Å². The van der Waals surface area contributed by atoms with Crippen LogP contribution in [0.2, 0.25) is 0 Å². The van der Waals surface area contributed by atoms with Crippen molar-refractivity contribution < 1.29 is 4.42 Å². The first kappa shape index (κ1) is 32.0. The molecule has 0 N–H and O–H groups in total. The van der Waals surface area contributed by atoms with E-state index in [4.69, 9.17) is 4.42 Å². The monoisotopic (exact) mass is 713 g/mol. The van der Waals surface area contributed by atoms with Crippen LogP contribution >= 0.6 is 0 Å². The molecule has 262 valence electrons. The molecule has 1 aromatic heterocycles. The van der Waals surface area contributed by atoms with E-state index in [9.17, 15) is 0 Å². The molecule has 10 aromatic carbocycles. The predicted molar refractivity (Wildman–Crippen MR) is 237 cm³/mol. The third-order valence-corrected chi connectivity index (χ3v) is 11.2. The molecule has 56 heavy (non-hydrogen) atoms. The Morgan fingerprint density at radius 3 is 1.73 bits per heavy atom. The molecule has 0 aliphatic carbocycles. The van der Waals surface area contributed by atoms with Crippen molar-refractivity contribution in [1.82, 2.24) is 0 Å². The summed E-state index contributed by atoms with van der Waals surface area (Å²) in [5.74, 6) is 0. The summed E-state index contributed by atoms with van der Waals surface area (Å²) in [7, 11) is 0. The molecule has 2 nitrogen and oxygen atoms in total. The molecule has 0 spiro atoms. The molecule has 0 fully saturated rings. The lowest BCUT2D eigenvalue weighted by atomic mass is 9.93. The molecule has 0 atom stereocenters. The van der Waals surface area contributed by atoms with Crippen LogP contribution in [-0.2, 0) is 0 Å². The van der Waals surface area contributed by atoms with Crippen LogP contribution in [0.5, 0.6) is 0 Å². The summed E-state index contributed by atoms with van der Waals surface area (Å²) >= 11 is 0. The Hall–Kier alpha value is -7.42. The molecule has 0 unspecified atom stereocenters. The first-order chi connectivity index (χ1) is 27.8. The lowest BCUT2D eigenvalue weighted by molar-refractivity contribution is 0.669. The fourth-order valence-electron chi connectivity index (χ4n) is 8.59. The van der Waals surface area contributed by atoms with E-state index < -0.39 is 0 Å². The van der Waals surface area contributed by atoms with Gasteiger partial charge < -0.3 is 9.32 Å². The average Bonchev–Trinajstić information content (AvgIpc) is 3.65. The number of anilines is 3. The lowest BCUT2D eigenvalue weighted by Crippen LogP contribution is -2.11. The van der Waals surface area contributed by atoms with Crippen LogP contribution in [-0.4, -0.2) is 0 Å². The largest absolute Gasteiger partial charge is 0.456 e. The molecule has 0 saturated heterocycles. The summed E-state index contributed by atoms with van der Waals surface area (Å²) in [6.45, 7) is 0. The number of hydrogen-bond acceptors (Lipinski definition) is 2. The zero-order chi connectivity index (χ0) is 37.0. The van der Waals surface area contributed by atoms with Crippen molar-refractivity contribution in [2.75, 3.05) is 4.90 Å². The molecule has 11 rings (SSSR count). The number of para-hydroxylation sites is 1. The van der Waals surface area contributed by atoms with Crippen molar-refractivity contribution in [2.45, 2.75) is 0 Å². The highest BCUT2D eigenvalue weighted by Gasteiger charge is 2.21. The van der Waals surface area contributed by atoms with Gasteiger partial charge in [0.05, 0.1) is 5.69 Å². The van der Waals surface area contributed by atoms with Crippen LogP contribution in [0.15, 0.2) is 217 Å². The van der Waals surface area contributed by atoms with Gasteiger partial charge in [0.25, 0.3) is 0 Å². The zero-order valence-electron chi connectivity index (χ0n) is 30.6. The van der Waals surface area contributed by atoms with E-state index >= 15 is 0 Å². The quantitative estimate of drug-likeness (QED) is 0.160. The maximum Gasteiger partial charge on any atom is 0.135 e. The van der Waals surface area contributed by atoms with Gasteiger partial charge in [-0.15, -0.1) is 0 Å². The molecule has 2 heteroatoms. The fraction of sp³-hybridized carbons (Fsp3) is 0. The maximum atomic E-state index is 6.32. The molecule has 0 radical (unpaired) electrons. The predicted octanol–water partition coefficient (Wildman–Crippen LogP) is 15.5.